The predicted molar refractivity (Wildman–Crippen MR) is 76.2 cm³/mol. The highest BCUT2D eigenvalue weighted by atomic mass is 32.1. The molecule has 0 unspecified atom stereocenters. The first kappa shape index (κ1) is 14.9. The maximum atomic E-state index is 13.2. The van der Waals surface area contributed by atoms with Crippen molar-refractivity contribution >= 4 is 39.1 Å². The standard InChI is InChI=1S/C13H12FN3O3S/c1-5-7-4-6(14)2-3-8(7)21-10(5)13(20)17-9(11(15)18)12(16)19/h2-4,9H,1H3,(H2,15,18)(H2,16,19)(H,17,20). The smallest absolute Gasteiger partial charge is 0.262 e. The van der Waals surface area contributed by atoms with Gasteiger partial charge in [-0.2, -0.15) is 0 Å². The Morgan fingerprint density at radius 2 is 1.86 bits per heavy atom. The average molecular weight is 309 g/mol. The molecule has 0 saturated heterocycles. The molecular weight excluding hydrogens is 297 g/mol. The van der Waals surface area contributed by atoms with Crippen LogP contribution in [0.4, 0.5) is 4.39 Å². The summed E-state index contributed by atoms with van der Waals surface area (Å²) in [4.78, 5) is 34.5. The summed E-state index contributed by atoms with van der Waals surface area (Å²) in [5.74, 6) is -3.15. The molecule has 1 heterocycles. The number of amides is 3. The topological polar surface area (TPSA) is 115 Å². The molecule has 1 aromatic carbocycles. The number of carbonyl (C=O) groups excluding carboxylic acids is 3. The molecule has 2 rings (SSSR count). The van der Waals surface area contributed by atoms with Crippen molar-refractivity contribution in [1.29, 1.82) is 0 Å². The third-order valence-electron chi connectivity index (χ3n) is 2.95. The van der Waals surface area contributed by atoms with Gasteiger partial charge in [0.05, 0.1) is 4.88 Å². The Hall–Kier alpha value is -2.48. The van der Waals surface area contributed by atoms with Gasteiger partial charge in [0.1, 0.15) is 5.82 Å². The molecule has 3 amide bonds. The molecule has 0 radical (unpaired) electrons. The molecule has 0 spiro atoms. The number of nitrogens with two attached hydrogens (primary N) is 2. The van der Waals surface area contributed by atoms with Gasteiger partial charge < -0.3 is 16.8 Å². The molecule has 0 fully saturated rings. The molecule has 110 valence electrons. The summed E-state index contributed by atoms with van der Waals surface area (Å²) >= 11 is 1.12. The molecule has 5 N–H and O–H groups in total. The molecule has 0 saturated carbocycles. The molecule has 0 aliphatic heterocycles. The van der Waals surface area contributed by atoms with Gasteiger partial charge in [-0.1, -0.05) is 0 Å². The Kier molecular flexibility index (Phi) is 3.90. The monoisotopic (exact) mass is 309 g/mol. The lowest BCUT2D eigenvalue weighted by atomic mass is 10.1. The van der Waals surface area contributed by atoms with E-state index in [4.69, 9.17) is 11.5 Å². The molecule has 0 aliphatic carbocycles. The predicted octanol–water partition coefficient (Wildman–Crippen LogP) is 0.418. The van der Waals surface area contributed by atoms with Crippen LogP contribution in [0.25, 0.3) is 10.1 Å². The van der Waals surface area contributed by atoms with Crippen LogP contribution in [0.3, 0.4) is 0 Å². The first-order valence-corrected chi connectivity index (χ1v) is 6.71. The van der Waals surface area contributed by atoms with E-state index in [0.717, 1.165) is 11.3 Å². The van der Waals surface area contributed by atoms with E-state index in [2.05, 4.69) is 5.32 Å². The van der Waals surface area contributed by atoms with Crippen LogP contribution >= 0.6 is 11.3 Å². The first-order valence-electron chi connectivity index (χ1n) is 5.89. The zero-order valence-corrected chi connectivity index (χ0v) is 11.8. The molecular formula is C13H12FN3O3S. The number of carbonyl (C=O) groups is 3. The largest absolute Gasteiger partial charge is 0.367 e. The Morgan fingerprint density at radius 1 is 1.24 bits per heavy atom. The van der Waals surface area contributed by atoms with Crippen molar-refractivity contribution in [3.05, 3.63) is 34.5 Å². The van der Waals surface area contributed by atoms with Crippen LogP contribution in [0.15, 0.2) is 18.2 Å². The quantitative estimate of drug-likeness (QED) is 0.711. The van der Waals surface area contributed by atoms with Crippen molar-refractivity contribution in [1.82, 2.24) is 5.32 Å². The highest BCUT2D eigenvalue weighted by Gasteiger charge is 2.26. The SMILES string of the molecule is Cc1c(C(=O)NC(C(N)=O)C(N)=O)sc2ccc(F)cc12. The van der Waals surface area contributed by atoms with Crippen LogP contribution in [-0.4, -0.2) is 23.8 Å². The van der Waals surface area contributed by atoms with Gasteiger partial charge >= 0.3 is 0 Å². The molecule has 0 atom stereocenters. The van der Waals surface area contributed by atoms with Crippen LogP contribution in [0.1, 0.15) is 15.2 Å². The number of primary amides is 2. The van der Waals surface area contributed by atoms with Crippen molar-refractivity contribution in [3.63, 3.8) is 0 Å². The van der Waals surface area contributed by atoms with Crippen LogP contribution in [-0.2, 0) is 9.59 Å². The minimum atomic E-state index is -1.58. The normalized spacial score (nSPS) is 10.8. The fourth-order valence-corrected chi connectivity index (χ4v) is 2.98. The van der Waals surface area contributed by atoms with E-state index >= 15 is 0 Å². The van der Waals surface area contributed by atoms with Gasteiger partial charge in [-0.05, 0) is 36.1 Å². The number of halogens is 1. The molecule has 21 heavy (non-hydrogen) atoms. The lowest BCUT2D eigenvalue weighted by molar-refractivity contribution is -0.128. The summed E-state index contributed by atoms with van der Waals surface area (Å²) in [5, 5.41) is 2.77. The van der Waals surface area contributed by atoms with Crippen molar-refractivity contribution in [3.8, 4) is 0 Å². The summed E-state index contributed by atoms with van der Waals surface area (Å²) in [7, 11) is 0. The second-order valence-corrected chi connectivity index (χ2v) is 5.46. The van der Waals surface area contributed by atoms with Crippen LogP contribution in [0.5, 0.6) is 0 Å². The van der Waals surface area contributed by atoms with E-state index < -0.39 is 29.6 Å². The van der Waals surface area contributed by atoms with Gasteiger partial charge in [0, 0.05) is 4.70 Å². The number of thiophene rings is 1. The zero-order valence-electron chi connectivity index (χ0n) is 11.0. The van der Waals surface area contributed by atoms with Crippen LogP contribution in [0.2, 0.25) is 0 Å². The summed E-state index contributed by atoms with van der Waals surface area (Å²) < 4.78 is 13.9. The summed E-state index contributed by atoms with van der Waals surface area (Å²) in [5.41, 5.74) is 10.5. The van der Waals surface area contributed by atoms with Gasteiger partial charge in [0.15, 0.2) is 6.04 Å². The van der Waals surface area contributed by atoms with E-state index in [1.54, 1.807) is 13.0 Å². The highest BCUT2D eigenvalue weighted by Crippen LogP contribution is 2.31. The van der Waals surface area contributed by atoms with Gasteiger partial charge in [0.2, 0.25) is 11.8 Å². The minimum absolute atomic E-state index is 0.267. The second-order valence-electron chi connectivity index (χ2n) is 4.41. The molecule has 6 nitrogen and oxygen atoms in total. The molecule has 8 heteroatoms. The molecule has 0 bridgehead atoms. The number of aryl methyl sites for hydroxylation is 1. The minimum Gasteiger partial charge on any atom is -0.367 e. The zero-order chi connectivity index (χ0) is 15.7. The van der Waals surface area contributed by atoms with E-state index in [1.807, 2.05) is 0 Å². The number of nitrogens with one attached hydrogen (secondary N) is 1. The number of benzene rings is 1. The third kappa shape index (κ3) is 2.84. The average Bonchev–Trinajstić information content (AvgIpc) is 2.72. The van der Waals surface area contributed by atoms with Crippen LogP contribution < -0.4 is 16.8 Å². The third-order valence-corrected chi connectivity index (χ3v) is 4.22. The van der Waals surface area contributed by atoms with Gasteiger partial charge in [-0.25, -0.2) is 4.39 Å². The fourth-order valence-electron chi connectivity index (χ4n) is 1.89. The fraction of sp³-hybridized carbons (Fsp3) is 0.154. The van der Waals surface area contributed by atoms with Gasteiger partial charge in [0.25, 0.3) is 5.91 Å². The van der Waals surface area contributed by atoms with Crippen molar-refractivity contribution in [2.45, 2.75) is 13.0 Å². The molecule has 2 aromatic rings. The molecule has 0 aliphatic rings. The number of hydrogen-bond acceptors (Lipinski definition) is 4. The lowest BCUT2D eigenvalue weighted by Crippen LogP contribution is -2.52. The maximum Gasteiger partial charge on any atom is 0.262 e. The van der Waals surface area contributed by atoms with Crippen molar-refractivity contribution < 1.29 is 18.8 Å². The lowest BCUT2D eigenvalue weighted by Gasteiger charge is -2.11. The van der Waals surface area contributed by atoms with E-state index in [0.29, 0.717) is 15.6 Å². The Morgan fingerprint density at radius 3 is 2.43 bits per heavy atom. The molecule has 1 aromatic heterocycles. The summed E-state index contributed by atoms with van der Waals surface area (Å²) in [6.45, 7) is 1.65. The number of fused-ring (bicyclic) bond motifs is 1. The Balaban J connectivity index is 2.38. The first-order chi connectivity index (χ1) is 9.81. The highest BCUT2D eigenvalue weighted by molar-refractivity contribution is 7.21. The van der Waals surface area contributed by atoms with E-state index in [1.165, 1.54) is 12.1 Å². The van der Waals surface area contributed by atoms with Crippen molar-refractivity contribution in [2.24, 2.45) is 11.5 Å². The number of rotatable bonds is 4. The Bertz CT molecular complexity index is 742. The van der Waals surface area contributed by atoms with Crippen molar-refractivity contribution in [2.75, 3.05) is 0 Å². The maximum absolute atomic E-state index is 13.2. The summed E-state index contributed by atoms with van der Waals surface area (Å²) in [6.07, 6.45) is 0. The van der Waals surface area contributed by atoms with Crippen LogP contribution in [0, 0.1) is 12.7 Å². The second kappa shape index (κ2) is 5.49. The van der Waals surface area contributed by atoms with Gasteiger partial charge in [-0.15, -0.1) is 11.3 Å². The van der Waals surface area contributed by atoms with Gasteiger partial charge in [-0.3, -0.25) is 14.4 Å². The summed E-state index contributed by atoms with van der Waals surface area (Å²) in [6, 6.07) is 2.57. The Labute approximate surface area is 122 Å². The van der Waals surface area contributed by atoms with E-state index in [9.17, 15) is 18.8 Å². The number of hydrogen-bond donors (Lipinski definition) is 3. The van der Waals surface area contributed by atoms with E-state index in [-0.39, 0.29) is 4.88 Å².